The molecule has 1 atom stereocenters. The second kappa shape index (κ2) is 5.24. The number of nitrogens with zero attached hydrogens (tertiary/aromatic N) is 1. The average molecular weight is 259 g/mol. The van der Waals surface area contributed by atoms with E-state index in [4.69, 9.17) is 23.2 Å². The third-order valence-electron chi connectivity index (χ3n) is 3.28. The summed E-state index contributed by atoms with van der Waals surface area (Å²) in [5, 5.41) is 4.55. The molecule has 1 heterocycles. The Bertz CT molecular complexity index is 362. The molecule has 0 aliphatic heterocycles. The molecule has 0 amide bonds. The number of hydrogen-bond donors (Lipinski definition) is 1. The SMILES string of the molecule is CC(Nc1ncc(Cl)cc1Cl)C1CCCC1. The van der Waals surface area contributed by atoms with Crippen molar-refractivity contribution in [2.75, 3.05) is 5.32 Å². The monoisotopic (exact) mass is 258 g/mol. The van der Waals surface area contributed by atoms with Crippen molar-refractivity contribution >= 4 is 29.0 Å². The summed E-state index contributed by atoms with van der Waals surface area (Å²) >= 11 is 11.9. The van der Waals surface area contributed by atoms with Crippen LogP contribution in [0.1, 0.15) is 32.6 Å². The molecule has 4 heteroatoms. The van der Waals surface area contributed by atoms with Gasteiger partial charge < -0.3 is 5.32 Å². The molecule has 1 fully saturated rings. The van der Waals surface area contributed by atoms with Gasteiger partial charge in [0.2, 0.25) is 0 Å². The summed E-state index contributed by atoms with van der Waals surface area (Å²) < 4.78 is 0. The van der Waals surface area contributed by atoms with Crippen LogP contribution in [-0.2, 0) is 0 Å². The van der Waals surface area contributed by atoms with E-state index in [9.17, 15) is 0 Å². The number of aromatic nitrogens is 1. The Morgan fingerprint density at radius 2 is 2.06 bits per heavy atom. The Kier molecular flexibility index (Phi) is 3.93. The quantitative estimate of drug-likeness (QED) is 0.871. The number of hydrogen-bond acceptors (Lipinski definition) is 2. The number of pyridine rings is 1. The van der Waals surface area contributed by atoms with Crippen LogP contribution in [0.2, 0.25) is 10.0 Å². The van der Waals surface area contributed by atoms with Crippen LogP contribution in [0.5, 0.6) is 0 Å². The summed E-state index contributed by atoms with van der Waals surface area (Å²) in [6, 6.07) is 2.15. The summed E-state index contributed by atoms with van der Waals surface area (Å²) in [5.74, 6) is 1.49. The van der Waals surface area contributed by atoms with E-state index < -0.39 is 0 Å². The highest BCUT2D eigenvalue weighted by Gasteiger charge is 2.22. The fraction of sp³-hybridized carbons (Fsp3) is 0.583. The molecule has 1 saturated carbocycles. The largest absolute Gasteiger partial charge is 0.366 e. The molecule has 2 rings (SSSR count). The lowest BCUT2D eigenvalue weighted by atomic mass is 10.00. The van der Waals surface area contributed by atoms with E-state index in [1.165, 1.54) is 25.7 Å². The molecule has 0 bridgehead atoms. The molecule has 1 aliphatic rings. The first-order valence-electron chi connectivity index (χ1n) is 5.74. The Balaban J connectivity index is 2.02. The molecule has 1 aliphatic carbocycles. The maximum Gasteiger partial charge on any atom is 0.145 e. The maximum absolute atomic E-state index is 6.07. The van der Waals surface area contributed by atoms with E-state index in [1.54, 1.807) is 12.3 Å². The summed E-state index contributed by atoms with van der Waals surface area (Å²) in [5.41, 5.74) is 0. The first-order valence-corrected chi connectivity index (χ1v) is 6.50. The highest BCUT2D eigenvalue weighted by atomic mass is 35.5. The van der Waals surface area contributed by atoms with Crippen molar-refractivity contribution in [2.24, 2.45) is 5.92 Å². The van der Waals surface area contributed by atoms with Gasteiger partial charge in [0.25, 0.3) is 0 Å². The molecule has 16 heavy (non-hydrogen) atoms. The standard InChI is InChI=1S/C12H16Cl2N2/c1-8(9-4-2-3-5-9)16-12-11(14)6-10(13)7-15-12/h6-9H,2-5H2,1H3,(H,15,16). The molecule has 1 N–H and O–H groups in total. The van der Waals surface area contributed by atoms with E-state index in [1.807, 2.05) is 0 Å². The minimum atomic E-state index is 0.425. The van der Waals surface area contributed by atoms with Crippen LogP contribution in [0, 0.1) is 5.92 Å². The molecule has 1 aromatic heterocycles. The minimum absolute atomic E-state index is 0.425. The van der Waals surface area contributed by atoms with Gasteiger partial charge >= 0.3 is 0 Å². The minimum Gasteiger partial charge on any atom is -0.366 e. The van der Waals surface area contributed by atoms with Crippen LogP contribution in [0.15, 0.2) is 12.3 Å². The molecule has 0 saturated heterocycles. The molecule has 0 aromatic carbocycles. The van der Waals surface area contributed by atoms with Gasteiger partial charge in [0.15, 0.2) is 0 Å². The van der Waals surface area contributed by atoms with Crippen molar-refractivity contribution in [3.8, 4) is 0 Å². The lowest BCUT2D eigenvalue weighted by molar-refractivity contribution is 0.481. The van der Waals surface area contributed by atoms with Gasteiger partial charge in [-0.1, -0.05) is 36.0 Å². The van der Waals surface area contributed by atoms with Crippen molar-refractivity contribution in [1.29, 1.82) is 0 Å². The first-order chi connectivity index (χ1) is 7.66. The molecular weight excluding hydrogens is 243 g/mol. The summed E-state index contributed by atoms with van der Waals surface area (Å²) in [7, 11) is 0. The predicted molar refractivity (Wildman–Crippen MR) is 69.3 cm³/mol. The molecule has 1 aromatic rings. The molecule has 0 spiro atoms. The number of halogens is 2. The molecule has 0 radical (unpaired) electrons. The molecule has 1 unspecified atom stereocenters. The third-order valence-corrected chi connectivity index (χ3v) is 3.77. The zero-order valence-electron chi connectivity index (χ0n) is 9.34. The molecule has 88 valence electrons. The van der Waals surface area contributed by atoms with Crippen LogP contribution in [0.3, 0.4) is 0 Å². The van der Waals surface area contributed by atoms with Crippen LogP contribution in [0.25, 0.3) is 0 Å². The Morgan fingerprint density at radius 3 is 2.69 bits per heavy atom. The fourth-order valence-corrected chi connectivity index (χ4v) is 2.75. The fourth-order valence-electron chi connectivity index (χ4n) is 2.31. The first kappa shape index (κ1) is 12.0. The van der Waals surface area contributed by atoms with Gasteiger partial charge in [-0.05, 0) is 31.7 Å². The van der Waals surface area contributed by atoms with E-state index in [0.29, 0.717) is 16.1 Å². The van der Waals surface area contributed by atoms with E-state index in [-0.39, 0.29) is 0 Å². The maximum atomic E-state index is 6.07. The van der Waals surface area contributed by atoms with Crippen molar-refractivity contribution < 1.29 is 0 Å². The predicted octanol–water partition coefficient (Wildman–Crippen LogP) is 4.38. The second-order valence-corrected chi connectivity index (χ2v) is 5.31. The number of nitrogens with one attached hydrogen (secondary N) is 1. The zero-order chi connectivity index (χ0) is 11.5. The number of anilines is 1. The van der Waals surface area contributed by atoms with Crippen molar-refractivity contribution in [2.45, 2.75) is 38.6 Å². The van der Waals surface area contributed by atoms with Crippen LogP contribution in [0.4, 0.5) is 5.82 Å². The van der Waals surface area contributed by atoms with E-state index >= 15 is 0 Å². The summed E-state index contributed by atoms with van der Waals surface area (Å²) in [4.78, 5) is 4.21. The van der Waals surface area contributed by atoms with Crippen LogP contribution >= 0.6 is 23.2 Å². The van der Waals surface area contributed by atoms with Gasteiger partial charge in [-0.15, -0.1) is 0 Å². The third kappa shape index (κ3) is 2.80. The summed E-state index contributed by atoms with van der Waals surface area (Å²) in [6.45, 7) is 2.20. The van der Waals surface area contributed by atoms with Crippen molar-refractivity contribution in [3.05, 3.63) is 22.3 Å². The van der Waals surface area contributed by atoms with Gasteiger partial charge in [-0.2, -0.15) is 0 Å². The highest BCUT2D eigenvalue weighted by Crippen LogP contribution is 2.30. The molecular formula is C12H16Cl2N2. The number of rotatable bonds is 3. The Hall–Kier alpha value is -0.470. The van der Waals surface area contributed by atoms with Gasteiger partial charge in [0.05, 0.1) is 10.0 Å². The summed E-state index contributed by atoms with van der Waals surface area (Å²) in [6.07, 6.45) is 6.92. The van der Waals surface area contributed by atoms with Gasteiger partial charge in [0, 0.05) is 12.2 Å². The highest BCUT2D eigenvalue weighted by molar-refractivity contribution is 6.35. The van der Waals surface area contributed by atoms with E-state index in [2.05, 4.69) is 17.2 Å². The molecule has 2 nitrogen and oxygen atoms in total. The van der Waals surface area contributed by atoms with Crippen LogP contribution < -0.4 is 5.32 Å². The topological polar surface area (TPSA) is 24.9 Å². The lowest BCUT2D eigenvalue weighted by Crippen LogP contribution is -2.24. The van der Waals surface area contributed by atoms with E-state index in [0.717, 1.165) is 11.7 Å². The van der Waals surface area contributed by atoms with Crippen molar-refractivity contribution in [3.63, 3.8) is 0 Å². The Labute approximate surface area is 106 Å². The van der Waals surface area contributed by atoms with Gasteiger partial charge in [-0.25, -0.2) is 4.98 Å². The Morgan fingerprint density at radius 1 is 1.38 bits per heavy atom. The van der Waals surface area contributed by atoms with Gasteiger partial charge in [0.1, 0.15) is 5.82 Å². The van der Waals surface area contributed by atoms with Crippen LogP contribution in [-0.4, -0.2) is 11.0 Å². The van der Waals surface area contributed by atoms with Gasteiger partial charge in [-0.3, -0.25) is 0 Å². The normalized spacial score (nSPS) is 18.7. The van der Waals surface area contributed by atoms with Crippen molar-refractivity contribution in [1.82, 2.24) is 4.98 Å². The lowest BCUT2D eigenvalue weighted by Gasteiger charge is -2.21. The average Bonchev–Trinajstić information content (AvgIpc) is 2.75. The smallest absolute Gasteiger partial charge is 0.145 e. The second-order valence-electron chi connectivity index (χ2n) is 4.46. The zero-order valence-corrected chi connectivity index (χ0v) is 10.9.